The van der Waals surface area contributed by atoms with E-state index in [1.54, 1.807) is 0 Å². The molecule has 0 aliphatic heterocycles. The van der Waals surface area contributed by atoms with Crippen LogP contribution in [0.15, 0.2) is 0 Å². The zero-order valence-electron chi connectivity index (χ0n) is 21.7. The molecule has 0 rings (SSSR count). The van der Waals surface area contributed by atoms with Gasteiger partial charge in [0.2, 0.25) is 0 Å². The van der Waals surface area contributed by atoms with Gasteiger partial charge >= 0.3 is 0 Å². The van der Waals surface area contributed by atoms with Crippen molar-refractivity contribution in [2.24, 2.45) is 22.9 Å². The summed E-state index contributed by atoms with van der Waals surface area (Å²) in [4.78, 5) is 0. The van der Waals surface area contributed by atoms with Crippen LogP contribution in [0.5, 0.6) is 0 Å². The van der Waals surface area contributed by atoms with Crippen molar-refractivity contribution in [2.45, 2.75) is 122 Å². The zero-order chi connectivity index (χ0) is 24.3. The van der Waals surface area contributed by atoms with Crippen LogP contribution in [0.25, 0.3) is 0 Å². The van der Waals surface area contributed by atoms with E-state index < -0.39 is 5.97 Å². The molecule has 0 heterocycles. The second kappa shape index (κ2) is 26.3. The highest BCUT2D eigenvalue weighted by molar-refractivity contribution is 4.62. The minimum Gasteiger partial charge on any atom is -0.330 e. The minimum absolute atomic E-state index is 0.665. The minimum atomic E-state index is -0.913. The summed E-state index contributed by atoms with van der Waals surface area (Å²) in [6.07, 6.45) is 19.6. The number of hydrogen-bond acceptors (Lipinski definition) is 7. The predicted octanol–water partition coefficient (Wildman–Crippen LogP) is 4.55. The van der Waals surface area contributed by atoms with Crippen molar-refractivity contribution in [2.75, 3.05) is 46.0 Å². The molecule has 7 nitrogen and oxygen atoms in total. The molecule has 0 fully saturated rings. The van der Waals surface area contributed by atoms with Crippen LogP contribution in [0, 0.1) is 0 Å². The van der Waals surface area contributed by atoms with E-state index in [0.29, 0.717) is 19.8 Å². The average Bonchev–Trinajstić information content (AvgIpc) is 2.83. The molecular formula is C26H58N4O3. The first-order chi connectivity index (χ1) is 16.2. The largest absolute Gasteiger partial charge is 0.330 e. The summed E-state index contributed by atoms with van der Waals surface area (Å²) in [6.45, 7) is 5.05. The van der Waals surface area contributed by atoms with E-state index in [-0.39, 0.29) is 0 Å². The third-order valence-corrected chi connectivity index (χ3v) is 5.95. The van der Waals surface area contributed by atoms with Crippen molar-refractivity contribution in [1.82, 2.24) is 0 Å². The van der Waals surface area contributed by atoms with Gasteiger partial charge in [0.05, 0.1) is 19.8 Å². The van der Waals surface area contributed by atoms with Crippen molar-refractivity contribution < 1.29 is 14.2 Å². The molecule has 0 aromatic carbocycles. The lowest BCUT2D eigenvalue weighted by molar-refractivity contribution is -0.384. The molecule has 0 saturated carbocycles. The van der Waals surface area contributed by atoms with Crippen molar-refractivity contribution in [1.29, 1.82) is 0 Å². The van der Waals surface area contributed by atoms with E-state index in [4.69, 9.17) is 37.1 Å². The molecule has 0 aromatic heterocycles. The van der Waals surface area contributed by atoms with Crippen LogP contribution in [0.1, 0.15) is 116 Å². The Kier molecular flexibility index (Phi) is 26.1. The summed E-state index contributed by atoms with van der Waals surface area (Å²) in [5.41, 5.74) is 22.5. The van der Waals surface area contributed by atoms with E-state index in [1.165, 1.54) is 12.8 Å². The van der Waals surface area contributed by atoms with Crippen molar-refractivity contribution in [3.8, 4) is 0 Å². The fourth-order valence-electron chi connectivity index (χ4n) is 3.84. The molecule has 200 valence electrons. The van der Waals surface area contributed by atoms with Crippen LogP contribution in [0.3, 0.4) is 0 Å². The lowest BCUT2D eigenvalue weighted by atomic mass is 10.1. The molecule has 0 aliphatic carbocycles. The van der Waals surface area contributed by atoms with Crippen LogP contribution < -0.4 is 22.9 Å². The topological polar surface area (TPSA) is 132 Å². The summed E-state index contributed by atoms with van der Waals surface area (Å²) < 4.78 is 19.1. The summed E-state index contributed by atoms with van der Waals surface area (Å²) in [7, 11) is 0. The average molecular weight is 475 g/mol. The predicted molar refractivity (Wildman–Crippen MR) is 140 cm³/mol. The van der Waals surface area contributed by atoms with Crippen LogP contribution in [0.2, 0.25) is 0 Å². The second-order valence-electron chi connectivity index (χ2n) is 9.14. The maximum atomic E-state index is 6.36. The smallest absolute Gasteiger partial charge is 0.282 e. The Morgan fingerprint density at radius 3 is 0.939 bits per heavy atom. The number of hydrogen-bond donors (Lipinski definition) is 4. The van der Waals surface area contributed by atoms with Gasteiger partial charge in [-0.2, -0.15) is 0 Å². The molecule has 0 bridgehead atoms. The van der Waals surface area contributed by atoms with Crippen molar-refractivity contribution >= 4 is 0 Å². The van der Waals surface area contributed by atoms with E-state index in [1.807, 2.05) is 0 Å². The van der Waals surface area contributed by atoms with Gasteiger partial charge in [-0.05, 0) is 77.5 Å². The van der Waals surface area contributed by atoms with E-state index in [9.17, 15) is 0 Å². The lowest BCUT2D eigenvalue weighted by Crippen LogP contribution is -2.40. The molecular weight excluding hydrogens is 416 g/mol. The third-order valence-electron chi connectivity index (χ3n) is 5.95. The fourth-order valence-corrected chi connectivity index (χ4v) is 3.84. The van der Waals surface area contributed by atoms with Gasteiger partial charge in [-0.25, -0.2) is 0 Å². The van der Waals surface area contributed by atoms with Gasteiger partial charge in [0.25, 0.3) is 5.97 Å². The van der Waals surface area contributed by atoms with Gasteiger partial charge in [-0.1, -0.05) is 57.8 Å². The summed E-state index contributed by atoms with van der Waals surface area (Å²) >= 11 is 0. The Bertz CT molecular complexity index is 306. The second-order valence-corrected chi connectivity index (χ2v) is 9.14. The first kappa shape index (κ1) is 32.7. The van der Waals surface area contributed by atoms with E-state index in [2.05, 4.69) is 0 Å². The van der Waals surface area contributed by atoms with E-state index >= 15 is 0 Å². The van der Waals surface area contributed by atoms with Gasteiger partial charge in [0.15, 0.2) is 0 Å². The SMILES string of the molecule is NCCCCCCCC(OCCCCCCN)(OCCCCCCN)OCCCCCCN. The Morgan fingerprint density at radius 2 is 0.606 bits per heavy atom. The molecule has 0 radical (unpaired) electrons. The molecule has 0 saturated heterocycles. The first-order valence-electron chi connectivity index (χ1n) is 14.0. The molecule has 7 heteroatoms. The normalized spacial score (nSPS) is 12.0. The van der Waals surface area contributed by atoms with E-state index in [0.717, 1.165) is 129 Å². The van der Waals surface area contributed by atoms with Gasteiger partial charge in [-0.3, -0.25) is 0 Å². The Morgan fingerprint density at radius 1 is 0.333 bits per heavy atom. The summed E-state index contributed by atoms with van der Waals surface area (Å²) in [5, 5.41) is 0. The maximum absolute atomic E-state index is 6.36. The van der Waals surface area contributed by atoms with Crippen LogP contribution in [-0.2, 0) is 14.2 Å². The highest BCUT2D eigenvalue weighted by Gasteiger charge is 2.33. The zero-order valence-corrected chi connectivity index (χ0v) is 21.7. The maximum Gasteiger partial charge on any atom is 0.282 e. The van der Waals surface area contributed by atoms with Gasteiger partial charge in [-0.15, -0.1) is 0 Å². The number of rotatable bonds is 28. The summed E-state index contributed by atoms with van der Waals surface area (Å²) in [6, 6.07) is 0. The molecule has 0 amide bonds. The number of nitrogens with two attached hydrogens (primary N) is 4. The van der Waals surface area contributed by atoms with Crippen LogP contribution in [-0.4, -0.2) is 52.0 Å². The van der Waals surface area contributed by atoms with Crippen molar-refractivity contribution in [3.05, 3.63) is 0 Å². The monoisotopic (exact) mass is 474 g/mol. The number of ether oxygens (including phenoxy) is 3. The number of unbranched alkanes of at least 4 members (excludes halogenated alkanes) is 13. The fraction of sp³-hybridized carbons (Fsp3) is 1.00. The quantitative estimate of drug-likeness (QED) is 0.0966. The first-order valence-corrected chi connectivity index (χ1v) is 14.0. The Balaban J connectivity index is 4.74. The molecule has 0 spiro atoms. The summed E-state index contributed by atoms with van der Waals surface area (Å²) in [5.74, 6) is -0.913. The third kappa shape index (κ3) is 22.0. The highest BCUT2D eigenvalue weighted by Crippen LogP contribution is 2.26. The molecule has 0 aromatic rings. The van der Waals surface area contributed by atoms with Gasteiger partial charge < -0.3 is 37.1 Å². The van der Waals surface area contributed by atoms with Crippen LogP contribution >= 0.6 is 0 Å². The Hall–Kier alpha value is -0.280. The van der Waals surface area contributed by atoms with Crippen LogP contribution in [0.4, 0.5) is 0 Å². The van der Waals surface area contributed by atoms with Crippen molar-refractivity contribution in [3.63, 3.8) is 0 Å². The lowest BCUT2D eigenvalue weighted by Gasteiger charge is -2.34. The van der Waals surface area contributed by atoms with Gasteiger partial charge in [0, 0.05) is 6.42 Å². The highest BCUT2D eigenvalue weighted by atomic mass is 16.9. The van der Waals surface area contributed by atoms with Gasteiger partial charge in [0.1, 0.15) is 0 Å². The molecule has 0 aliphatic rings. The Labute approximate surface area is 205 Å². The molecule has 33 heavy (non-hydrogen) atoms. The molecule has 0 unspecified atom stereocenters. The standard InChI is InChI=1S/C26H58N4O3/c27-19-11-3-1-2-10-18-26(31-23-15-7-4-12-20-28,32-24-16-8-5-13-21-29)33-25-17-9-6-14-22-30/h1-25,27-30H2. The molecule has 8 N–H and O–H groups in total. The molecule has 0 atom stereocenters.